The van der Waals surface area contributed by atoms with Crippen LogP contribution < -0.4 is 4.74 Å². The summed E-state index contributed by atoms with van der Waals surface area (Å²) in [7, 11) is 1.71. The molecule has 0 bridgehead atoms. The van der Waals surface area contributed by atoms with Gasteiger partial charge in [0.05, 0.1) is 12.7 Å². The van der Waals surface area contributed by atoms with E-state index in [2.05, 4.69) is 25.9 Å². The number of carbonyl (C=O) groups excluding carboxylic acids is 1. The standard InChI is InChI=1S/C14H14BrN3O2/c1-18(14(19)13-10-16-6-7-17-13)8-9-20-12-4-2-11(15)3-5-12/h2-7,10H,8-9H2,1H3. The van der Waals surface area contributed by atoms with Crippen LogP contribution in [0.2, 0.25) is 0 Å². The number of aromatic nitrogens is 2. The number of hydrogen-bond acceptors (Lipinski definition) is 4. The van der Waals surface area contributed by atoms with Gasteiger partial charge in [-0.1, -0.05) is 15.9 Å². The Bertz CT molecular complexity index is 560. The van der Waals surface area contributed by atoms with Gasteiger partial charge in [0, 0.05) is 23.9 Å². The lowest BCUT2D eigenvalue weighted by molar-refractivity contribution is 0.0767. The van der Waals surface area contributed by atoms with Crippen molar-refractivity contribution in [1.29, 1.82) is 0 Å². The van der Waals surface area contributed by atoms with E-state index in [0.29, 0.717) is 18.8 Å². The molecule has 0 aliphatic rings. The van der Waals surface area contributed by atoms with Crippen molar-refractivity contribution < 1.29 is 9.53 Å². The minimum Gasteiger partial charge on any atom is -0.492 e. The number of ether oxygens (including phenoxy) is 1. The van der Waals surface area contributed by atoms with Gasteiger partial charge in [0.15, 0.2) is 0 Å². The molecule has 6 heteroatoms. The third-order valence-corrected chi connectivity index (χ3v) is 3.17. The lowest BCUT2D eigenvalue weighted by Crippen LogP contribution is -2.31. The highest BCUT2D eigenvalue weighted by molar-refractivity contribution is 9.10. The normalized spacial score (nSPS) is 10.1. The van der Waals surface area contributed by atoms with Crippen molar-refractivity contribution in [2.75, 3.05) is 20.2 Å². The molecule has 0 atom stereocenters. The Labute approximate surface area is 125 Å². The molecule has 0 spiro atoms. The molecular formula is C14H14BrN3O2. The highest BCUT2D eigenvalue weighted by Crippen LogP contribution is 2.15. The van der Waals surface area contributed by atoms with Gasteiger partial charge in [-0.2, -0.15) is 0 Å². The molecule has 0 fully saturated rings. The first-order chi connectivity index (χ1) is 9.66. The summed E-state index contributed by atoms with van der Waals surface area (Å²) in [5.74, 6) is 0.603. The summed E-state index contributed by atoms with van der Waals surface area (Å²) in [6, 6.07) is 7.55. The summed E-state index contributed by atoms with van der Waals surface area (Å²) in [6.45, 7) is 0.898. The Hall–Kier alpha value is -1.95. The van der Waals surface area contributed by atoms with Gasteiger partial charge >= 0.3 is 0 Å². The molecule has 2 aromatic rings. The molecule has 0 aliphatic heterocycles. The van der Waals surface area contributed by atoms with Crippen LogP contribution >= 0.6 is 15.9 Å². The SMILES string of the molecule is CN(CCOc1ccc(Br)cc1)C(=O)c1cnccn1. The van der Waals surface area contributed by atoms with E-state index in [0.717, 1.165) is 10.2 Å². The van der Waals surface area contributed by atoms with Crippen molar-refractivity contribution >= 4 is 21.8 Å². The van der Waals surface area contributed by atoms with Crippen molar-refractivity contribution in [2.24, 2.45) is 0 Å². The molecule has 0 unspecified atom stereocenters. The second kappa shape index (κ2) is 7.00. The van der Waals surface area contributed by atoms with Crippen molar-refractivity contribution in [3.63, 3.8) is 0 Å². The van der Waals surface area contributed by atoms with Crippen LogP contribution in [0.5, 0.6) is 5.75 Å². The average molecular weight is 336 g/mol. The van der Waals surface area contributed by atoms with Crippen LogP contribution in [0.3, 0.4) is 0 Å². The van der Waals surface area contributed by atoms with Crippen molar-refractivity contribution in [3.8, 4) is 5.75 Å². The summed E-state index contributed by atoms with van der Waals surface area (Å²) in [5.41, 5.74) is 0.332. The largest absolute Gasteiger partial charge is 0.492 e. The van der Waals surface area contributed by atoms with Crippen LogP contribution in [-0.2, 0) is 0 Å². The topological polar surface area (TPSA) is 55.3 Å². The van der Waals surface area contributed by atoms with Crippen LogP contribution in [0.25, 0.3) is 0 Å². The fraction of sp³-hybridized carbons (Fsp3) is 0.214. The van der Waals surface area contributed by atoms with E-state index < -0.39 is 0 Å². The fourth-order valence-electron chi connectivity index (χ4n) is 1.54. The monoisotopic (exact) mass is 335 g/mol. The molecule has 0 saturated carbocycles. The van der Waals surface area contributed by atoms with E-state index in [9.17, 15) is 4.79 Å². The smallest absolute Gasteiger partial charge is 0.273 e. The molecule has 0 saturated heterocycles. The number of halogens is 1. The molecule has 2 rings (SSSR count). The maximum absolute atomic E-state index is 12.0. The first kappa shape index (κ1) is 14.5. The number of hydrogen-bond donors (Lipinski definition) is 0. The van der Waals surface area contributed by atoms with E-state index in [-0.39, 0.29) is 5.91 Å². The maximum Gasteiger partial charge on any atom is 0.273 e. The van der Waals surface area contributed by atoms with Gasteiger partial charge in [0.2, 0.25) is 0 Å². The number of benzene rings is 1. The molecule has 20 heavy (non-hydrogen) atoms. The summed E-state index contributed by atoms with van der Waals surface area (Å²) >= 11 is 3.36. The Balaban J connectivity index is 1.82. The molecule has 5 nitrogen and oxygen atoms in total. The van der Waals surface area contributed by atoms with Gasteiger partial charge in [0.25, 0.3) is 5.91 Å². The van der Waals surface area contributed by atoms with Crippen molar-refractivity contribution in [1.82, 2.24) is 14.9 Å². The molecule has 1 amide bonds. The minimum absolute atomic E-state index is 0.169. The lowest BCUT2D eigenvalue weighted by atomic mass is 10.3. The maximum atomic E-state index is 12.0. The molecule has 1 aromatic heterocycles. The lowest BCUT2D eigenvalue weighted by Gasteiger charge is -2.16. The van der Waals surface area contributed by atoms with E-state index in [1.807, 2.05) is 24.3 Å². The van der Waals surface area contributed by atoms with E-state index in [1.165, 1.54) is 18.6 Å². The third kappa shape index (κ3) is 4.03. The van der Waals surface area contributed by atoms with Crippen LogP contribution in [0.4, 0.5) is 0 Å². The predicted octanol–water partition coefficient (Wildman–Crippen LogP) is 2.39. The molecule has 0 radical (unpaired) electrons. The number of nitrogens with zero attached hydrogens (tertiary/aromatic N) is 3. The highest BCUT2D eigenvalue weighted by atomic mass is 79.9. The number of likely N-dealkylation sites (N-methyl/N-ethyl adjacent to an activating group) is 1. The predicted molar refractivity (Wildman–Crippen MR) is 78.6 cm³/mol. The minimum atomic E-state index is -0.169. The average Bonchev–Trinajstić information content (AvgIpc) is 2.49. The van der Waals surface area contributed by atoms with Crippen molar-refractivity contribution in [2.45, 2.75) is 0 Å². The molecular weight excluding hydrogens is 322 g/mol. The molecule has 1 aromatic carbocycles. The van der Waals surface area contributed by atoms with Gasteiger partial charge in [-0.25, -0.2) is 4.98 Å². The zero-order valence-corrected chi connectivity index (χ0v) is 12.6. The molecule has 1 heterocycles. The van der Waals surface area contributed by atoms with Crippen LogP contribution in [0.15, 0.2) is 47.3 Å². The van der Waals surface area contributed by atoms with Gasteiger partial charge in [-0.3, -0.25) is 9.78 Å². The summed E-state index contributed by atoms with van der Waals surface area (Å²) in [5, 5.41) is 0. The Kier molecular flexibility index (Phi) is 5.06. The van der Waals surface area contributed by atoms with E-state index >= 15 is 0 Å². The summed E-state index contributed by atoms with van der Waals surface area (Å²) in [4.78, 5) is 21.4. The van der Waals surface area contributed by atoms with Gasteiger partial charge in [-0.05, 0) is 24.3 Å². The number of carbonyl (C=O) groups is 1. The van der Waals surface area contributed by atoms with Gasteiger partial charge in [-0.15, -0.1) is 0 Å². The first-order valence-electron chi connectivity index (χ1n) is 6.06. The third-order valence-electron chi connectivity index (χ3n) is 2.64. The van der Waals surface area contributed by atoms with Gasteiger partial charge < -0.3 is 9.64 Å². The van der Waals surface area contributed by atoms with E-state index in [1.54, 1.807) is 11.9 Å². The molecule has 0 aliphatic carbocycles. The zero-order valence-electron chi connectivity index (χ0n) is 11.0. The van der Waals surface area contributed by atoms with E-state index in [4.69, 9.17) is 4.74 Å². The summed E-state index contributed by atoms with van der Waals surface area (Å²) in [6.07, 6.45) is 4.49. The van der Waals surface area contributed by atoms with Crippen LogP contribution in [0, 0.1) is 0 Å². The van der Waals surface area contributed by atoms with Crippen LogP contribution in [0.1, 0.15) is 10.5 Å². The first-order valence-corrected chi connectivity index (χ1v) is 6.86. The van der Waals surface area contributed by atoms with Crippen molar-refractivity contribution in [3.05, 3.63) is 53.0 Å². The van der Waals surface area contributed by atoms with Crippen LogP contribution in [-0.4, -0.2) is 41.0 Å². The summed E-state index contributed by atoms with van der Waals surface area (Å²) < 4.78 is 6.57. The highest BCUT2D eigenvalue weighted by Gasteiger charge is 2.12. The molecule has 0 N–H and O–H groups in total. The van der Waals surface area contributed by atoms with Gasteiger partial charge in [0.1, 0.15) is 18.1 Å². The second-order valence-electron chi connectivity index (χ2n) is 4.12. The number of amides is 1. The number of rotatable bonds is 5. The second-order valence-corrected chi connectivity index (χ2v) is 5.04. The zero-order chi connectivity index (χ0) is 14.4. The Morgan fingerprint density at radius 3 is 2.70 bits per heavy atom. The quantitative estimate of drug-likeness (QED) is 0.841. The fourth-order valence-corrected chi connectivity index (χ4v) is 1.80. The Morgan fingerprint density at radius 2 is 2.05 bits per heavy atom. The Morgan fingerprint density at radius 1 is 1.30 bits per heavy atom. The molecule has 104 valence electrons.